The van der Waals surface area contributed by atoms with Gasteiger partial charge >= 0.3 is 0 Å². The molecule has 1 aliphatic heterocycles. The number of nitrogens with one attached hydrogen (secondary N) is 2. The molecule has 3 nitrogen and oxygen atoms in total. The Labute approximate surface area is 114 Å². The minimum atomic E-state index is 0.250. The van der Waals surface area contributed by atoms with E-state index in [2.05, 4.69) is 45.3 Å². The molecule has 0 bridgehead atoms. The Morgan fingerprint density at radius 3 is 1.94 bits per heavy atom. The minimum absolute atomic E-state index is 0.250. The van der Waals surface area contributed by atoms with E-state index in [1.807, 2.05) is 0 Å². The summed E-state index contributed by atoms with van der Waals surface area (Å²) < 4.78 is 0. The van der Waals surface area contributed by atoms with Crippen molar-refractivity contribution in [3.8, 4) is 0 Å². The van der Waals surface area contributed by atoms with E-state index in [9.17, 15) is 0 Å². The van der Waals surface area contributed by atoms with E-state index >= 15 is 0 Å². The monoisotopic (exact) mass is 258 g/mol. The molecule has 1 rings (SSSR count). The van der Waals surface area contributed by atoms with Crippen molar-refractivity contribution in [2.75, 3.05) is 13.2 Å². The number of unbranched alkanes of at least 4 members (excludes halogenated alkanes) is 1. The maximum atomic E-state index is 7.57. The van der Waals surface area contributed by atoms with Gasteiger partial charge in [0.1, 0.15) is 0 Å². The molecular formula is C15H34N2O. The Kier molecular flexibility index (Phi) is 8.08. The topological polar surface area (TPSA) is 44.3 Å². The molecule has 0 aromatic carbocycles. The number of rotatable bonds is 4. The van der Waals surface area contributed by atoms with Crippen LogP contribution in [0.25, 0.3) is 0 Å². The molecule has 3 N–H and O–H groups in total. The highest BCUT2D eigenvalue weighted by Gasteiger charge is 2.37. The van der Waals surface area contributed by atoms with Crippen LogP contribution in [0.5, 0.6) is 0 Å². The van der Waals surface area contributed by atoms with E-state index in [4.69, 9.17) is 5.11 Å². The van der Waals surface area contributed by atoms with Gasteiger partial charge in [-0.3, -0.25) is 0 Å². The first-order valence-corrected chi connectivity index (χ1v) is 7.40. The lowest BCUT2D eigenvalue weighted by Gasteiger charge is -2.46. The molecule has 0 radical (unpaired) electrons. The third-order valence-electron chi connectivity index (χ3n) is 3.15. The van der Waals surface area contributed by atoms with Crippen molar-refractivity contribution in [2.24, 2.45) is 0 Å². The molecule has 110 valence electrons. The van der Waals surface area contributed by atoms with E-state index in [1.54, 1.807) is 6.92 Å². The highest BCUT2D eigenvalue weighted by molar-refractivity contribution is 4.99. The number of hydrogen-bond donors (Lipinski definition) is 3. The molecule has 0 unspecified atom stereocenters. The maximum absolute atomic E-state index is 7.57. The zero-order valence-corrected chi connectivity index (χ0v) is 13.3. The van der Waals surface area contributed by atoms with Gasteiger partial charge in [0.15, 0.2) is 0 Å². The summed E-state index contributed by atoms with van der Waals surface area (Å²) >= 11 is 0. The Hall–Kier alpha value is -0.120. The molecule has 0 atom stereocenters. The second-order valence-electron chi connectivity index (χ2n) is 6.62. The first-order valence-electron chi connectivity index (χ1n) is 7.40. The lowest BCUT2D eigenvalue weighted by Crippen LogP contribution is -2.61. The smallest absolute Gasteiger partial charge is 0.0402 e. The van der Waals surface area contributed by atoms with Crippen LogP contribution in [0.1, 0.15) is 67.2 Å². The first-order chi connectivity index (χ1) is 8.26. The number of aliphatic hydroxyl groups excluding tert-OH is 1. The van der Waals surface area contributed by atoms with Gasteiger partial charge in [0, 0.05) is 23.7 Å². The molecule has 0 aliphatic carbocycles. The van der Waals surface area contributed by atoms with Crippen LogP contribution < -0.4 is 10.6 Å². The van der Waals surface area contributed by atoms with Crippen LogP contribution >= 0.6 is 0 Å². The number of hydrogen-bond acceptors (Lipinski definition) is 3. The first kappa shape index (κ1) is 17.9. The van der Waals surface area contributed by atoms with E-state index in [0.717, 1.165) is 0 Å². The second kappa shape index (κ2) is 8.13. The quantitative estimate of drug-likeness (QED) is 0.679. The van der Waals surface area contributed by atoms with E-state index in [0.29, 0.717) is 6.04 Å². The van der Waals surface area contributed by atoms with Crippen molar-refractivity contribution in [2.45, 2.75) is 84.3 Å². The van der Waals surface area contributed by atoms with Crippen LogP contribution in [0.2, 0.25) is 0 Å². The standard InChI is InChI=1S/C13H28N2.C2H6O/c1-6-7-8-14-11-9-12(2,3)15-13(4,5)10-11;1-2-3/h11,14-15H,6-10H2,1-5H3;3H,2H2,1H3. The van der Waals surface area contributed by atoms with Crippen molar-refractivity contribution in [1.29, 1.82) is 0 Å². The van der Waals surface area contributed by atoms with Gasteiger partial charge < -0.3 is 15.7 Å². The predicted octanol–water partition coefficient (Wildman–Crippen LogP) is 2.68. The van der Waals surface area contributed by atoms with Gasteiger partial charge in [-0.2, -0.15) is 0 Å². The third kappa shape index (κ3) is 8.06. The zero-order valence-electron chi connectivity index (χ0n) is 13.3. The lowest BCUT2D eigenvalue weighted by atomic mass is 9.79. The molecule has 1 saturated heterocycles. The summed E-state index contributed by atoms with van der Waals surface area (Å²) in [5, 5.41) is 15.0. The Balaban J connectivity index is 0.000000873. The fourth-order valence-electron chi connectivity index (χ4n) is 2.95. The van der Waals surface area contributed by atoms with Gasteiger partial charge in [-0.25, -0.2) is 0 Å². The largest absolute Gasteiger partial charge is 0.397 e. The van der Waals surface area contributed by atoms with Gasteiger partial charge in [0.2, 0.25) is 0 Å². The van der Waals surface area contributed by atoms with Crippen molar-refractivity contribution in [3.63, 3.8) is 0 Å². The Morgan fingerprint density at radius 2 is 1.56 bits per heavy atom. The molecular weight excluding hydrogens is 224 g/mol. The van der Waals surface area contributed by atoms with Crippen molar-refractivity contribution < 1.29 is 5.11 Å². The van der Waals surface area contributed by atoms with Gasteiger partial charge in [-0.1, -0.05) is 13.3 Å². The van der Waals surface area contributed by atoms with E-state index in [-0.39, 0.29) is 17.7 Å². The molecule has 1 heterocycles. The van der Waals surface area contributed by atoms with Gasteiger partial charge in [0.25, 0.3) is 0 Å². The van der Waals surface area contributed by atoms with Gasteiger partial charge in [-0.15, -0.1) is 0 Å². The molecule has 0 saturated carbocycles. The number of piperidine rings is 1. The molecule has 18 heavy (non-hydrogen) atoms. The van der Waals surface area contributed by atoms with Gasteiger partial charge in [0.05, 0.1) is 0 Å². The van der Waals surface area contributed by atoms with Crippen LogP contribution in [0, 0.1) is 0 Å². The van der Waals surface area contributed by atoms with Crippen LogP contribution in [-0.4, -0.2) is 35.4 Å². The summed E-state index contributed by atoms with van der Waals surface area (Å²) in [5.41, 5.74) is 0.539. The molecule has 0 amide bonds. The van der Waals surface area contributed by atoms with Crippen molar-refractivity contribution >= 4 is 0 Å². The summed E-state index contributed by atoms with van der Waals surface area (Å²) in [5.74, 6) is 0. The molecule has 0 aromatic rings. The predicted molar refractivity (Wildman–Crippen MR) is 80.0 cm³/mol. The van der Waals surface area contributed by atoms with Crippen LogP contribution in [0.3, 0.4) is 0 Å². The minimum Gasteiger partial charge on any atom is -0.397 e. The zero-order chi connectivity index (χ0) is 14.2. The van der Waals surface area contributed by atoms with E-state index in [1.165, 1.54) is 32.2 Å². The highest BCUT2D eigenvalue weighted by Crippen LogP contribution is 2.28. The molecule has 1 fully saturated rings. The lowest BCUT2D eigenvalue weighted by molar-refractivity contribution is 0.146. The van der Waals surface area contributed by atoms with Crippen LogP contribution in [0.4, 0.5) is 0 Å². The summed E-state index contributed by atoms with van der Waals surface area (Å²) in [7, 11) is 0. The van der Waals surface area contributed by atoms with Crippen LogP contribution in [0.15, 0.2) is 0 Å². The Bertz CT molecular complexity index is 199. The van der Waals surface area contributed by atoms with Crippen LogP contribution in [-0.2, 0) is 0 Å². The summed E-state index contributed by atoms with van der Waals surface area (Å²) in [6, 6.07) is 0.683. The summed E-state index contributed by atoms with van der Waals surface area (Å²) in [6.45, 7) is 14.6. The fourth-order valence-corrected chi connectivity index (χ4v) is 2.95. The molecule has 0 spiro atoms. The van der Waals surface area contributed by atoms with Crippen molar-refractivity contribution in [3.05, 3.63) is 0 Å². The SMILES string of the molecule is CCCCNC1CC(C)(C)NC(C)(C)C1.CCO. The molecule has 3 heteroatoms. The highest BCUT2D eigenvalue weighted by atomic mass is 16.2. The van der Waals surface area contributed by atoms with Crippen molar-refractivity contribution in [1.82, 2.24) is 10.6 Å². The average molecular weight is 258 g/mol. The molecule has 0 aromatic heterocycles. The summed E-state index contributed by atoms with van der Waals surface area (Å²) in [4.78, 5) is 0. The Morgan fingerprint density at radius 1 is 1.11 bits per heavy atom. The van der Waals surface area contributed by atoms with E-state index < -0.39 is 0 Å². The molecule has 1 aliphatic rings. The van der Waals surface area contributed by atoms with Gasteiger partial charge in [-0.05, 0) is 60.4 Å². The third-order valence-corrected chi connectivity index (χ3v) is 3.15. The fraction of sp³-hybridized carbons (Fsp3) is 1.00. The normalized spacial score (nSPS) is 22.2. The number of aliphatic hydroxyl groups is 1. The summed E-state index contributed by atoms with van der Waals surface area (Å²) in [6.07, 6.45) is 5.05. The average Bonchev–Trinajstić information content (AvgIpc) is 2.14. The second-order valence-corrected chi connectivity index (χ2v) is 6.62. The maximum Gasteiger partial charge on any atom is 0.0402 e.